The smallest absolute Gasteiger partial charge is 0.231 e. The predicted octanol–water partition coefficient (Wildman–Crippen LogP) is 1.56. The quantitative estimate of drug-likeness (QED) is 0.846. The number of hydrogen-bond donors (Lipinski definition) is 0. The fourth-order valence-electron chi connectivity index (χ4n) is 4.32. The SMILES string of the molecule is O=C1[C@@H]2CN(CC3CCCC3)C[C@@H]2CN1c1cncnc1. The largest absolute Gasteiger partial charge is 0.309 e. The van der Waals surface area contributed by atoms with Gasteiger partial charge < -0.3 is 9.80 Å². The van der Waals surface area contributed by atoms with E-state index in [0.29, 0.717) is 5.92 Å². The van der Waals surface area contributed by atoms with Crippen molar-refractivity contribution in [3.05, 3.63) is 18.7 Å². The number of aromatic nitrogens is 2. The summed E-state index contributed by atoms with van der Waals surface area (Å²) >= 11 is 0. The van der Waals surface area contributed by atoms with Crippen LogP contribution in [0, 0.1) is 17.8 Å². The molecule has 0 radical (unpaired) electrons. The monoisotopic (exact) mass is 286 g/mol. The lowest BCUT2D eigenvalue weighted by Gasteiger charge is -2.23. The van der Waals surface area contributed by atoms with Gasteiger partial charge >= 0.3 is 0 Å². The number of hydrogen-bond acceptors (Lipinski definition) is 4. The van der Waals surface area contributed by atoms with Gasteiger partial charge in [0.1, 0.15) is 6.33 Å². The van der Waals surface area contributed by atoms with Gasteiger partial charge in [0.25, 0.3) is 0 Å². The highest BCUT2D eigenvalue weighted by molar-refractivity contribution is 5.97. The Hall–Kier alpha value is -1.49. The first-order valence-electron chi connectivity index (χ1n) is 8.10. The standard InChI is InChI=1S/C16H22N4O/c21-16-15-10-19(7-12-3-1-2-4-12)8-13(15)9-20(16)14-5-17-11-18-6-14/h5-6,11-13,15H,1-4,7-10H2/t13-,15-/m1/s1. The lowest BCUT2D eigenvalue weighted by molar-refractivity contribution is -0.120. The van der Waals surface area contributed by atoms with Crippen molar-refractivity contribution >= 4 is 11.6 Å². The highest BCUT2D eigenvalue weighted by atomic mass is 16.2. The number of carbonyl (C=O) groups excluding carboxylic acids is 1. The minimum Gasteiger partial charge on any atom is -0.309 e. The molecule has 3 fully saturated rings. The third-order valence-electron chi connectivity index (χ3n) is 5.37. The highest BCUT2D eigenvalue weighted by Gasteiger charge is 2.46. The molecule has 2 saturated heterocycles. The molecule has 0 bridgehead atoms. The summed E-state index contributed by atoms with van der Waals surface area (Å²) in [5.74, 6) is 1.81. The summed E-state index contributed by atoms with van der Waals surface area (Å²) in [7, 11) is 0. The summed E-state index contributed by atoms with van der Waals surface area (Å²) in [6.45, 7) is 4.06. The Morgan fingerprint density at radius 2 is 1.86 bits per heavy atom. The molecule has 2 atom stereocenters. The van der Waals surface area contributed by atoms with Crippen LogP contribution in [0.3, 0.4) is 0 Å². The Morgan fingerprint density at radius 3 is 2.57 bits per heavy atom. The second kappa shape index (κ2) is 5.37. The topological polar surface area (TPSA) is 49.3 Å². The maximum atomic E-state index is 12.6. The third kappa shape index (κ3) is 2.44. The number of amides is 1. The zero-order chi connectivity index (χ0) is 14.2. The van der Waals surface area contributed by atoms with E-state index in [1.54, 1.807) is 12.4 Å². The fraction of sp³-hybridized carbons (Fsp3) is 0.688. The summed E-state index contributed by atoms with van der Waals surface area (Å²) < 4.78 is 0. The van der Waals surface area contributed by atoms with Crippen LogP contribution >= 0.6 is 0 Å². The molecule has 0 N–H and O–H groups in total. The van der Waals surface area contributed by atoms with Crippen molar-refractivity contribution in [1.29, 1.82) is 0 Å². The molecule has 1 aliphatic carbocycles. The summed E-state index contributed by atoms with van der Waals surface area (Å²) in [6.07, 6.45) is 10.5. The Kier molecular flexibility index (Phi) is 3.37. The molecule has 0 aromatic carbocycles. The van der Waals surface area contributed by atoms with Crippen molar-refractivity contribution in [2.75, 3.05) is 31.1 Å². The van der Waals surface area contributed by atoms with Gasteiger partial charge in [-0.15, -0.1) is 0 Å². The Bertz CT molecular complexity index is 514. The number of carbonyl (C=O) groups is 1. The normalized spacial score (nSPS) is 30.3. The summed E-state index contributed by atoms with van der Waals surface area (Å²) in [6, 6.07) is 0. The van der Waals surface area contributed by atoms with Crippen LogP contribution in [0.2, 0.25) is 0 Å². The van der Waals surface area contributed by atoms with Crippen LogP contribution < -0.4 is 4.90 Å². The van der Waals surface area contributed by atoms with Gasteiger partial charge in [-0.3, -0.25) is 4.79 Å². The molecule has 4 rings (SSSR count). The number of nitrogens with zero attached hydrogens (tertiary/aromatic N) is 4. The number of likely N-dealkylation sites (tertiary alicyclic amines) is 1. The summed E-state index contributed by atoms with van der Waals surface area (Å²) in [5, 5.41) is 0. The fourth-order valence-corrected chi connectivity index (χ4v) is 4.32. The van der Waals surface area contributed by atoms with E-state index < -0.39 is 0 Å². The molecule has 0 spiro atoms. The molecular formula is C16H22N4O. The molecule has 5 nitrogen and oxygen atoms in total. The van der Waals surface area contributed by atoms with E-state index >= 15 is 0 Å². The van der Waals surface area contributed by atoms with E-state index in [2.05, 4.69) is 14.9 Å². The van der Waals surface area contributed by atoms with Crippen LogP contribution in [0.25, 0.3) is 0 Å². The van der Waals surface area contributed by atoms with Gasteiger partial charge in [-0.25, -0.2) is 9.97 Å². The zero-order valence-corrected chi connectivity index (χ0v) is 12.3. The predicted molar refractivity (Wildman–Crippen MR) is 79.8 cm³/mol. The van der Waals surface area contributed by atoms with E-state index in [0.717, 1.165) is 31.2 Å². The molecule has 5 heteroatoms. The minimum atomic E-state index is 0.187. The number of fused-ring (bicyclic) bond motifs is 1. The number of rotatable bonds is 3. The van der Waals surface area contributed by atoms with Crippen molar-refractivity contribution in [2.24, 2.45) is 17.8 Å². The van der Waals surface area contributed by atoms with Gasteiger partial charge in [0.15, 0.2) is 0 Å². The first-order chi connectivity index (χ1) is 10.3. The van der Waals surface area contributed by atoms with Gasteiger partial charge in [0.05, 0.1) is 24.0 Å². The lowest BCUT2D eigenvalue weighted by atomic mass is 10.0. The third-order valence-corrected chi connectivity index (χ3v) is 5.37. The summed E-state index contributed by atoms with van der Waals surface area (Å²) in [4.78, 5) is 25.1. The first kappa shape index (κ1) is 13.2. The molecule has 0 unspecified atom stereocenters. The molecule has 1 aromatic rings. The van der Waals surface area contributed by atoms with Crippen molar-refractivity contribution in [1.82, 2.24) is 14.9 Å². The van der Waals surface area contributed by atoms with E-state index in [9.17, 15) is 4.79 Å². The molecule has 112 valence electrons. The van der Waals surface area contributed by atoms with Crippen molar-refractivity contribution in [3.63, 3.8) is 0 Å². The van der Waals surface area contributed by atoms with Crippen LogP contribution in [0.1, 0.15) is 25.7 Å². The van der Waals surface area contributed by atoms with E-state index in [1.165, 1.54) is 38.6 Å². The van der Waals surface area contributed by atoms with Crippen molar-refractivity contribution in [3.8, 4) is 0 Å². The Morgan fingerprint density at radius 1 is 1.10 bits per heavy atom. The van der Waals surface area contributed by atoms with Crippen molar-refractivity contribution in [2.45, 2.75) is 25.7 Å². The molecule has 1 aromatic heterocycles. The van der Waals surface area contributed by atoms with Crippen LogP contribution in [-0.4, -0.2) is 47.0 Å². The van der Waals surface area contributed by atoms with Crippen LogP contribution in [0.15, 0.2) is 18.7 Å². The van der Waals surface area contributed by atoms with Gasteiger partial charge in [-0.2, -0.15) is 0 Å². The summed E-state index contributed by atoms with van der Waals surface area (Å²) in [5.41, 5.74) is 0.847. The van der Waals surface area contributed by atoms with Gasteiger partial charge in [-0.05, 0) is 18.8 Å². The zero-order valence-electron chi connectivity index (χ0n) is 12.3. The van der Waals surface area contributed by atoms with Crippen LogP contribution in [-0.2, 0) is 4.79 Å². The Labute approximate surface area is 125 Å². The van der Waals surface area contributed by atoms with Gasteiger partial charge in [-0.1, -0.05) is 12.8 Å². The maximum absolute atomic E-state index is 12.6. The number of anilines is 1. The van der Waals surface area contributed by atoms with Gasteiger partial charge in [0.2, 0.25) is 5.91 Å². The van der Waals surface area contributed by atoms with E-state index in [1.807, 2.05) is 4.90 Å². The second-order valence-electron chi connectivity index (χ2n) is 6.78. The first-order valence-corrected chi connectivity index (χ1v) is 8.10. The van der Waals surface area contributed by atoms with Crippen LogP contribution in [0.4, 0.5) is 5.69 Å². The maximum Gasteiger partial charge on any atom is 0.231 e. The molecule has 1 saturated carbocycles. The van der Waals surface area contributed by atoms with Crippen LogP contribution in [0.5, 0.6) is 0 Å². The molecule has 2 aliphatic heterocycles. The molecule has 1 amide bonds. The lowest BCUT2D eigenvalue weighted by Crippen LogP contribution is -2.34. The molecule has 3 heterocycles. The Balaban J connectivity index is 1.40. The second-order valence-corrected chi connectivity index (χ2v) is 6.78. The van der Waals surface area contributed by atoms with E-state index in [4.69, 9.17) is 0 Å². The molecular weight excluding hydrogens is 264 g/mol. The van der Waals surface area contributed by atoms with E-state index in [-0.39, 0.29) is 11.8 Å². The molecule has 21 heavy (non-hydrogen) atoms. The highest BCUT2D eigenvalue weighted by Crippen LogP contribution is 2.36. The average molecular weight is 286 g/mol. The average Bonchev–Trinajstić information content (AvgIpc) is 3.20. The molecule has 3 aliphatic rings. The van der Waals surface area contributed by atoms with Crippen molar-refractivity contribution < 1.29 is 4.79 Å². The minimum absolute atomic E-state index is 0.187. The van der Waals surface area contributed by atoms with Gasteiger partial charge in [0, 0.05) is 32.1 Å².